The van der Waals surface area contributed by atoms with Gasteiger partial charge >= 0.3 is 0 Å². The van der Waals surface area contributed by atoms with Gasteiger partial charge in [-0.25, -0.2) is 4.98 Å². The average Bonchev–Trinajstić information content (AvgIpc) is 3.26. The first-order valence-corrected chi connectivity index (χ1v) is 10.3. The van der Waals surface area contributed by atoms with Crippen molar-refractivity contribution in [3.8, 4) is 0 Å². The number of likely N-dealkylation sites (tertiary alicyclic amines) is 1. The number of rotatable bonds is 10. The molecule has 7 heteroatoms. The van der Waals surface area contributed by atoms with Gasteiger partial charge in [-0.15, -0.1) is 35.3 Å². The van der Waals surface area contributed by atoms with Crippen molar-refractivity contribution in [2.75, 3.05) is 39.3 Å². The van der Waals surface area contributed by atoms with Crippen LogP contribution in [0.5, 0.6) is 0 Å². The molecule has 0 radical (unpaired) electrons. The monoisotopic (exact) mass is 479 g/mol. The third-order valence-electron chi connectivity index (χ3n) is 4.28. The first-order valence-electron chi connectivity index (χ1n) is 9.50. The van der Waals surface area contributed by atoms with E-state index < -0.39 is 0 Å². The van der Waals surface area contributed by atoms with E-state index in [0.29, 0.717) is 0 Å². The minimum Gasteiger partial charge on any atom is -0.357 e. The van der Waals surface area contributed by atoms with Gasteiger partial charge < -0.3 is 15.5 Å². The maximum Gasteiger partial charge on any atom is 0.191 e. The number of aromatic nitrogens is 1. The van der Waals surface area contributed by atoms with Crippen molar-refractivity contribution >= 4 is 41.3 Å². The predicted molar refractivity (Wildman–Crippen MR) is 120 cm³/mol. The second kappa shape index (κ2) is 13.7. The van der Waals surface area contributed by atoms with Crippen LogP contribution in [-0.2, 0) is 12.8 Å². The number of nitrogens with one attached hydrogen (secondary N) is 2. The average molecular weight is 479 g/mol. The van der Waals surface area contributed by atoms with E-state index in [1.54, 1.807) is 0 Å². The van der Waals surface area contributed by atoms with Crippen molar-refractivity contribution in [1.29, 1.82) is 0 Å². The van der Waals surface area contributed by atoms with Gasteiger partial charge in [0, 0.05) is 37.1 Å². The van der Waals surface area contributed by atoms with Crippen LogP contribution in [0.4, 0.5) is 0 Å². The third-order valence-corrected chi connectivity index (χ3v) is 5.48. The number of aliphatic imine (C=N–C) groups is 1. The lowest BCUT2D eigenvalue weighted by Gasteiger charge is -2.14. The topological polar surface area (TPSA) is 52.6 Å². The van der Waals surface area contributed by atoms with Crippen LogP contribution >= 0.6 is 35.3 Å². The van der Waals surface area contributed by atoms with E-state index in [2.05, 4.69) is 39.4 Å². The minimum atomic E-state index is 0. The van der Waals surface area contributed by atoms with E-state index in [-0.39, 0.29) is 24.0 Å². The van der Waals surface area contributed by atoms with Gasteiger partial charge in [-0.2, -0.15) is 0 Å². The fourth-order valence-corrected chi connectivity index (χ4v) is 3.76. The predicted octanol–water partition coefficient (Wildman–Crippen LogP) is 3.30. The van der Waals surface area contributed by atoms with Gasteiger partial charge in [-0.3, -0.25) is 4.99 Å². The van der Waals surface area contributed by atoms with E-state index in [4.69, 9.17) is 0 Å². The SMILES string of the molecule is CCNC(=NCCCCN1CCCC1)NCCc1ncc(CC)s1.I. The maximum absolute atomic E-state index is 4.69. The molecule has 5 nitrogen and oxygen atoms in total. The molecule has 25 heavy (non-hydrogen) atoms. The van der Waals surface area contributed by atoms with Crippen molar-refractivity contribution in [1.82, 2.24) is 20.5 Å². The molecule has 0 atom stereocenters. The van der Waals surface area contributed by atoms with Crippen LogP contribution in [0.15, 0.2) is 11.2 Å². The molecule has 0 aliphatic carbocycles. The van der Waals surface area contributed by atoms with Crippen LogP contribution in [0.2, 0.25) is 0 Å². The summed E-state index contributed by atoms with van der Waals surface area (Å²) in [7, 11) is 0. The zero-order valence-electron chi connectivity index (χ0n) is 15.7. The Morgan fingerprint density at radius 2 is 2.04 bits per heavy atom. The van der Waals surface area contributed by atoms with Crippen LogP contribution in [0.25, 0.3) is 0 Å². The normalized spacial score (nSPS) is 15.2. The smallest absolute Gasteiger partial charge is 0.191 e. The highest BCUT2D eigenvalue weighted by Gasteiger charge is 2.09. The number of nitrogens with zero attached hydrogens (tertiary/aromatic N) is 3. The molecule has 0 amide bonds. The Morgan fingerprint density at radius 1 is 1.24 bits per heavy atom. The number of aryl methyl sites for hydroxylation is 1. The second-order valence-electron chi connectivity index (χ2n) is 6.27. The Kier molecular flexibility index (Phi) is 12.4. The highest BCUT2D eigenvalue weighted by atomic mass is 127. The number of guanidine groups is 1. The summed E-state index contributed by atoms with van der Waals surface area (Å²) < 4.78 is 0. The summed E-state index contributed by atoms with van der Waals surface area (Å²) in [5, 5.41) is 7.96. The Hall–Kier alpha value is -0.410. The van der Waals surface area contributed by atoms with Crippen LogP contribution in [0, 0.1) is 0 Å². The molecule has 1 fully saturated rings. The van der Waals surface area contributed by atoms with Crippen LogP contribution in [0.1, 0.15) is 49.4 Å². The number of hydrogen-bond acceptors (Lipinski definition) is 4. The lowest BCUT2D eigenvalue weighted by Crippen LogP contribution is -2.38. The van der Waals surface area contributed by atoms with Crippen molar-refractivity contribution in [2.45, 2.75) is 52.4 Å². The Labute approximate surface area is 174 Å². The molecule has 1 aromatic rings. The quantitative estimate of drug-likeness (QED) is 0.234. The molecule has 2 N–H and O–H groups in total. The summed E-state index contributed by atoms with van der Waals surface area (Å²) in [5.41, 5.74) is 0. The summed E-state index contributed by atoms with van der Waals surface area (Å²) in [5.74, 6) is 0.936. The zero-order valence-corrected chi connectivity index (χ0v) is 18.9. The summed E-state index contributed by atoms with van der Waals surface area (Å²) in [6.07, 6.45) is 9.22. The minimum absolute atomic E-state index is 0. The molecule has 1 aromatic heterocycles. The van der Waals surface area contributed by atoms with Crippen LogP contribution < -0.4 is 10.6 Å². The first kappa shape index (κ1) is 22.6. The van der Waals surface area contributed by atoms with Crippen LogP contribution in [0.3, 0.4) is 0 Å². The van der Waals surface area contributed by atoms with Gasteiger partial charge in [0.1, 0.15) is 0 Å². The third kappa shape index (κ3) is 9.19. The maximum atomic E-state index is 4.69. The van der Waals surface area contributed by atoms with Crippen molar-refractivity contribution < 1.29 is 0 Å². The molecule has 0 spiro atoms. The Bertz CT molecular complexity index is 486. The molecule has 0 aromatic carbocycles. The summed E-state index contributed by atoms with van der Waals surface area (Å²) in [6, 6.07) is 0. The molecular formula is C18H34IN5S. The van der Waals surface area contributed by atoms with Crippen molar-refractivity contribution in [3.63, 3.8) is 0 Å². The molecule has 1 saturated heterocycles. The van der Waals surface area contributed by atoms with Gasteiger partial charge in [0.15, 0.2) is 5.96 Å². The molecule has 144 valence electrons. The summed E-state index contributed by atoms with van der Waals surface area (Å²) in [6.45, 7) is 10.8. The molecular weight excluding hydrogens is 445 g/mol. The molecule has 1 aliphatic rings. The number of thiazole rings is 1. The number of unbranched alkanes of at least 4 members (excludes halogenated alkanes) is 1. The lowest BCUT2D eigenvalue weighted by atomic mass is 10.3. The van der Waals surface area contributed by atoms with Gasteiger partial charge in [-0.05, 0) is 58.7 Å². The summed E-state index contributed by atoms with van der Waals surface area (Å²) >= 11 is 1.82. The molecule has 1 aliphatic heterocycles. The van der Waals surface area contributed by atoms with E-state index in [0.717, 1.165) is 38.4 Å². The van der Waals surface area contributed by atoms with E-state index >= 15 is 0 Å². The molecule has 0 unspecified atom stereocenters. The highest BCUT2D eigenvalue weighted by Crippen LogP contribution is 2.13. The van der Waals surface area contributed by atoms with Crippen molar-refractivity contribution in [2.24, 2.45) is 4.99 Å². The van der Waals surface area contributed by atoms with Gasteiger partial charge in [0.2, 0.25) is 0 Å². The van der Waals surface area contributed by atoms with E-state index in [1.165, 1.54) is 55.2 Å². The van der Waals surface area contributed by atoms with E-state index in [1.807, 2.05) is 17.5 Å². The zero-order chi connectivity index (χ0) is 17.0. The summed E-state index contributed by atoms with van der Waals surface area (Å²) in [4.78, 5) is 13.1. The molecule has 0 bridgehead atoms. The Balaban J connectivity index is 0.00000312. The second-order valence-corrected chi connectivity index (χ2v) is 7.47. The van der Waals surface area contributed by atoms with Gasteiger partial charge in [0.25, 0.3) is 0 Å². The standard InChI is InChI=1S/C18H33N5S.HI/c1-3-16-15-22-17(24-16)9-11-21-18(19-4-2)20-10-5-6-12-23-13-7-8-14-23;/h15H,3-14H2,1-2H3,(H2,19,20,21);1H. The largest absolute Gasteiger partial charge is 0.357 e. The first-order chi connectivity index (χ1) is 11.8. The fourth-order valence-electron chi connectivity index (χ4n) is 2.90. The van der Waals surface area contributed by atoms with Crippen molar-refractivity contribution in [3.05, 3.63) is 16.1 Å². The Morgan fingerprint density at radius 3 is 2.72 bits per heavy atom. The molecule has 0 saturated carbocycles. The lowest BCUT2D eigenvalue weighted by molar-refractivity contribution is 0.331. The van der Waals surface area contributed by atoms with Crippen LogP contribution in [-0.4, -0.2) is 55.1 Å². The van der Waals surface area contributed by atoms with Gasteiger partial charge in [-0.1, -0.05) is 6.92 Å². The highest BCUT2D eigenvalue weighted by molar-refractivity contribution is 14.0. The van der Waals surface area contributed by atoms with Gasteiger partial charge in [0.05, 0.1) is 5.01 Å². The molecule has 2 rings (SSSR count). The number of hydrogen-bond donors (Lipinski definition) is 2. The number of halogens is 1. The fraction of sp³-hybridized carbons (Fsp3) is 0.778. The van der Waals surface area contributed by atoms with E-state index in [9.17, 15) is 0 Å². The molecule has 2 heterocycles.